The molecule has 19 heavy (non-hydrogen) atoms. The van der Waals surface area contributed by atoms with Crippen LogP contribution < -0.4 is 0 Å². The van der Waals surface area contributed by atoms with E-state index in [-0.39, 0.29) is 11.2 Å². The predicted molar refractivity (Wildman–Crippen MR) is 78.0 cm³/mol. The lowest BCUT2D eigenvalue weighted by atomic mass is 9.85. The quantitative estimate of drug-likeness (QED) is 0.435. The minimum Gasteiger partial charge on any atom is -0.258 e. The molecule has 1 aliphatic carbocycles. The summed E-state index contributed by atoms with van der Waals surface area (Å²) in [4.78, 5) is 10.9. The Morgan fingerprint density at radius 2 is 1.89 bits per heavy atom. The van der Waals surface area contributed by atoms with Crippen molar-refractivity contribution in [2.24, 2.45) is 0 Å². The maximum absolute atomic E-state index is 11.3. The van der Waals surface area contributed by atoms with Gasteiger partial charge in [0, 0.05) is 0 Å². The van der Waals surface area contributed by atoms with E-state index < -0.39 is 4.92 Å². The molecular formula is C15H12BNO2. The van der Waals surface area contributed by atoms with Crippen LogP contribution in [0.15, 0.2) is 60.6 Å². The Morgan fingerprint density at radius 3 is 2.58 bits per heavy atom. The van der Waals surface area contributed by atoms with Gasteiger partial charge in [0.05, 0.1) is 10.5 Å². The van der Waals surface area contributed by atoms with Crippen molar-refractivity contribution >= 4 is 19.1 Å². The zero-order chi connectivity index (χ0) is 13.8. The second kappa shape index (κ2) is 5.52. The van der Waals surface area contributed by atoms with Gasteiger partial charge in [0.2, 0.25) is 0 Å². The number of hydrogen-bond donors (Lipinski definition) is 0. The summed E-state index contributed by atoms with van der Waals surface area (Å²) >= 11 is 0. The average Bonchev–Trinajstić information content (AvgIpc) is 2.38. The van der Waals surface area contributed by atoms with Crippen molar-refractivity contribution in [3.63, 3.8) is 0 Å². The van der Waals surface area contributed by atoms with E-state index in [2.05, 4.69) is 6.58 Å². The smallest absolute Gasteiger partial charge is 0.258 e. The lowest BCUT2D eigenvalue weighted by Gasteiger charge is -2.10. The van der Waals surface area contributed by atoms with Gasteiger partial charge in [-0.05, 0) is 29.1 Å². The number of rotatable bonds is 1. The summed E-state index contributed by atoms with van der Waals surface area (Å²) in [5, 5.41) is 11.3. The molecule has 0 saturated carbocycles. The summed E-state index contributed by atoms with van der Waals surface area (Å²) in [5.74, 6) is 0. The van der Waals surface area contributed by atoms with Crippen LogP contribution in [0, 0.1) is 10.1 Å². The lowest BCUT2D eigenvalue weighted by Crippen LogP contribution is -2.05. The fourth-order valence-electron chi connectivity index (χ4n) is 1.99. The van der Waals surface area contributed by atoms with Gasteiger partial charge in [-0.3, -0.25) is 10.1 Å². The zero-order valence-electron chi connectivity index (χ0n) is 10.4. The van der Waals surface area contributed by atoms with Crippen molar-refractivity contribution in [1.82, 2.24) is 0 Å². The SMILES string of the molecule is [B]/C1=C(\[N+](=O)[O-])c2ccccc2C(=C)/C=C\C=C/C1. The van der Waals surface area contributed by atoms with Gasteiger partial charge in [0.15, 0.2) is 0 Å². The van der Waals surface area contributed by atoms with Gasteiger partial charge >= 0.3 is 0 Å². The van der Waals surface area contributed by atoms with Crippen LogP contribution in [0.5, 0.6) is 0 Å². The van der Waals surface area contributed by atoms with Crippen LogP contribution in [0.3, 0.4) is 0 Å². The predicted octanol–water partition coefficient (Wildman–Crippen LogP) is 3.33. The third kappa shape index (κ3) is 2.73. The molecule has 0 saturated heterocycles. The van der Waals surface area contributed by atoms with Crippen LogP contribution in [-0.2, 0) is 0 Å². The van der Waals surface area contributed by atoms with Crippen LogP contribution in [-0.4, -0.2) is 12.8 Å². The Bertz CT molecular complexity index is 627. The Labute approximate surface area is 113 Å². The van der Waals surface area contributed by atoms with Crippen LogP contribution >= 0.6 is 0 Å². The number of nitrogens with zero attached hydrogens (tertiary/aromatic N) is 1. The maximum atomic E-state index is 11.3. The molecule has 1 aromatic rings. The molecule has 0 unspecified atom stereocenters. The Kier molecular flexibility index (Phi) is 3.80. The summed E-state index contributed by atoms with van der Waals surface area (Å²) in [7, 11) is 5.86. The number of nitro groups is 1. The van der Waals surface area contributed by atoms with Crippen LogP contribution in [0.1, 0.15) is 17.5 Å². The topological polar surface area (TPSA) is 43.1 Å². The fraction of sp³-hybridized carbons (Fsp3) is 0.0667. The molecule has 0 atom stereocenters. The van der Waals surface area contributed by atoms with Crippen molar-refractivity contribution in [3.05, 3.63) is 81.9 Å². The van der Waals surface area contributed by atoms with E-state index in [1.165, 1.54) is 0 Å². The first-order valence-corrected chi connectivity index (χ1v) is 5.86. The molecule has 2 radical (unpaired) electrons. The minimum absolute atomic E-state index is 0.0447. The molecule has 4 heteroatoms. The maximum Gasteiger partial charge on any atom is 0.266 e. The fourth-order valence-corrected chi connectivity index (χ4v) is 1.99. The highest BCUT2D eigenvalue weighted by Gasteiger charge is 2.21. The number of hydrogen-bond acceptors (Lipinski definition) is 2. The summed E-state index contributed by atoms with van der Waals surface area (Å²) in [6.45, 7) is 3.94. The van der Waals surface area contributed by atoms with Gasteiger partial charge in [0.1, 0.15) is 7.85 Å². The highest BCUT2D eigenvalue weighted by molar-refractivity contribution is 6.25. The van der Waals surface area contributed by atoms with Gasteiger partial charge in [-0.2, -0.15) is 0 Å². The van der Waals surface area contributed by atoms with Crippen molar-refractivity contribution in [1.29, 1.82) is 0 Å². The van der Waals surface area contributed by atoms with E-state index in [0.717, 1.165) is 5.56 Å². The summed E-state index contributed by atoms with van der Waals surface area (Å²) in [6, 6.07) is 7.09. The molecule has 0 aromatic heterocycles. The molecule has 0 amide bonds. The first-order valence-electron chi connectivity index (χ1n) is 5.86. The van der Waals surface area contributed by atoms with Gasteiger partial charge < -0.3 is 0 Å². The number of allylic oxidation sites excluding steroid dienone is 6. The molecule has 1 aliphatic rings. The van der Waals surface area contributed by atoms with E-state index in [9.17, 15) is 10.1 Å². The molecule has 0 fully saturated rings. The summed E-state index contributed by atoms with van der Waals surface area (Å²) in [5.41, 5.74) is 2.15. The molecule has 92 valence electrons. The Balaban J connectivity index is 2.73. The molecular weight excluding hydrogens is 237 g/mol. The van der Waals surface area contributed by atoms with E-state index in [1.54, 1.807) is 18.2 Å². The molecule has 0 aliphatic heterocycles. The van der Waals surface area contributed by atoms with Crippen molar-refractivity contribution in [3.8, 4) is 0 Å². The molecule has 0 heterocycles. The van der Waals surface area contributed by atoms with Crippen LogP contribution in [0.25, 0.3) is 11.3 Å². The van der Waals surface area contributed by atoms with Gasteiger partial charge in [-0.25, -0.2) is 0 Å². The molecule has 3 nitrogen and oxygen atoms in total. The van der Waals surface area contributed by atoms with Gasteiger partial charge in [-0.15, -0.1) is 0 Å². The molecule has 2 rings (SSSR count). The van der Waals surface area contributed by atoms with Crippen molar-refractivity contribution < 1.29 is 4.92 Å². The summed E-state index contributed by atoms with van der Waals surface area (Å²) < 4.78 is 0. The van der Waals surface area contributed by atoms with Crippen molar-refractivity contribution in [2.45, 2.75) is 6.42 Å². The molecule has 0 bridgehead atoms. The molecule has 0 N–H and O–H groups in total. The van der Waals surface area contributed by atoms with E-state index in [0.29, 0.717) is 17.6 Å². The zero-order valence-corrected chi connectivity index (χ0v) is 10.4. The van der Waals surface area contributed by atoms with Gasteiger partial charge in [0.25, 0.3) is 5.70 Å². The monoisotopic (exact) mass is 249 g/mol. The van der Waals surface area contributed by atoms with Crippen molar-refractivity contribution in [2.75, 3.05) is 0 Å². The van der Waals surface area contributed by atoms with E-state index in [4.69, 9.17) is 7.85 Å². The third-order valence-electron chi connectivity index (χ3n) is 2.90. The summed E-state index contributed by atoms with van der Waals surface area (Å²) in [6.07, 6.45) is 7.62. The van der Waals surface area contributed by atoms with E-state index >= 15 is 0 Å². The molecule has 1 aromatic carbocycles. The number of benzene rings is 1. The Hall–Kier alpha value is -2.36. The van der Waals surface area contributed by atoms with E-state index in [1.807, 2.05) is 30.4 Å². The second-order valence-corrected chi connectivity index (χ2v) is 4.19. The first kappa shape index (κ1) is 13.1. The lowest BCUT2D eigenvalue weighted by molar-refractivity contribution is -0.376. The first-order chi connectivity index (χ1) is 9.11. The minimum atomic E-state index is -0.430. The second-order valence-electron chi connectivity index (χ2n) is 4.19. The highest BCUT2D eigenvalue weighted by atomic mass is 16.6. The highest BCUT2D eigenvalue weighted by Crippen LogP contribution is 2.29. The largest absolute Gasteiger partial charge is 0.266 e. The average molecular weight is 249 g/mol. The Morgan fingerprint density at radius 1 is 1.21 bits per heavy atom. The van der Waals surface area contributed by atoms with Crippen LogP contribution in [0.2, 0.25) is 0 Å². The normalized spacial score (nSPS) is 22.4. The van der Waals surface area contributed by atoms with Crippen LogP contribution in [0.4, 0.5) is 0 Å². The third-order valence-corrected chi connectivity index (χ3v) is 2.90. The van der Waals surface area contributed by atoms with Gasteiger partial charge in [-0.1, -0.05) is 49.1 Å². The number of fused-ring (bicyclic) bond motifs is 1. The molecule has 0 spiro atoms. The standard InChI is InChI=1S/C15H12BNO2/c1-11-7-3-2-4-10-14(16)15(17(18)19)13-9-6-5-8-12(11)13/h2-9H,1,10H2/b4-2-,7-3-,15-14-.